The van der Waals surface area contributed by atoms with Crippen molar-refractivity contribution >= 4 is 22.6 Å². The Morgan fingerprint density at radius 2 is 1.85 bits per heavy atom. The molecule has 0 saturated carbocycles. The Balaban J connectivity index is 1.78. The Labute approximate surface area is 155 Å². The molecule has 3 aromatic rings. The molecule has 1 amide bonds. The van der Waals surface area contributed by atoms with Gasteiger partial charge in [0.05, 0.1) is 17.3 Å². The number of carbonyl (C=O) groups excluding carboxylic acids is 1. The molecule has 0 aliphatic heterocycles. The summed E-state index contributed by atoms with van der Waals surface area (Å²) in [6, 6.07) is 7.09. The van der Waals surface area contributed by atoms with Gasteiger partial charge in [-0.3, -0.25) is 18.7 Å². The molecule has 1 N–H and O–H groups in total. The fraction of sp³-hybridized carbons (Fsp3) is 0.263. The predicted molar refractivity (Wildman–Crippen MR) is 102 cm³/mol. The van der Waals surface area contributed by atoms with Crippen molar-refractivity contribution in [3.8, 4) is 5.75 Å². The maximum Gasteiger partial charge on any atom is 0.332 e. The number of ether oxygens (including phenoxy) is 1. The third-order valence-electron chi connectivity index (χ3n) is 4.43. The summed E-state index contributed by atoms with van der Waals surface area (Å²) < 4.78 is 7.78. The van der Waals surface area contributed by atoms with Crippen molar-refractivity contribution in [2.75, 3.05) is 11.9 Å². The smallest absolute Gasteiger partial charge is 0.332 e. The van der Waals surface area contributed by atoms with Gasteiger partial charge in [-0.15, -0.1) is 0 Å². The van der Waals surface area contributed by atoms with Crippen LogP contribution in [0.1, 0.15) is 11.1 Å². The van der Waals surface area contributed by atoms with Gasteiger partial charge in [0, 0.05) is 14.1 Å². The summed E-state index contributed by atoms with van der Waals surface area (Å²) in [6.07, 6.45) is 1.40. The zero-order chi connectivity index (χ0) is 19.7. The second-order valence-corrected chi connectivity index (χ2v) is 6.38. The summed E-state index contributed by atoms with van der Waals surface area (Å²) in [6.45, 7) is 3.79. The van der Waals surface area contributed by atoms with Gasteiger partial charge in [0.25, 0.3) is 11.5 Å². The van der Waals surface area contributed by atoms with Crippen molar-refractivity contribution in [2.24, 2.45) is 14.1 Å². The van der Waals surface area contributed by atoms with Crippen LogP contribution >= 0.6 is 0 Å². The van der Waals surface area contributed by atoms with Crippen LogP contribution in [0.2, 0.25) is 0 Å². The minimum Gasteiger partial charge on any atom is -0.484 e. The highest BCUT2D eigenvalue weighted by Crippen LogP contribution is 2.16. The molecule has 8 heteroatoms. The lowest BCUT2D eigenvalue weighted by Gasteiger charge is -2.10. The Bertz CT molecular complexity index is 1160. The molecule has 2 aromatic heterocycles. The first-order chi connectivity index (χ1) is 12.8. The van der Waals surface area contributed by atoms with E-state index >= 15 is 0 Å². The fourth-order valence-corrected chi connectivity index (χ4v) is 2.68. The van der Waals surface area contributed by atoms with E-state index in [2.05, 4.69) is 10.3 Å². The monoisotopic (exact) mass is 368 g/mol. The number of hydrogen-bond acceptors (Lipinski definition) is 5. The summed E-state index contributed by atoms with van der Waals surface area (Å²) in [4.78, 5) is 40.5. The van der Waals surface area contributed by atoms with Crippen molar-refractivity contribution in [1.82, 2.24) is 14.1 Å². The summed E-state index contributed by atoms with van der Waals surface area (Å²) in [5, 5.41) is 2.89. The number of aryl methyl sites for hydroxylation is 3. The number of hydrogen-bond donors (Lipinski definition) is 1. The first kappa shape index (κ1) is 18.4. The number of rotatable bonds is 4. The van der Waals surface area contributed by atoms with E-state index in [1.807, 2.05) is 26.0 Å². The van der Waals surface area contributed by atoms with E-state index in [0.29, 0.717) is 11.4 Å². The molecule has 2 heterocycles. The van der Waals surface area contributed by atoms with Gasteiger partial charge < -0.3 is 10.1 Å². The SMILES string of the molecule is Cc1ccc(OCC(=O)Nc2cnc3c(c2)c(=O)n(C)c(=O)n3C)cc1C. The lowest BCUT2D eigenvalue weighted by atomic mass is 10.1. The Morgan fingerprint density at radius 1 is 1.11 bits per heavy atom. The van der Waals surface area contributed by atoms with Gasteiger partial charge in [-0.25, -0.2) is 9.78 Å². The molecule has 0 atom stereocenters. The van der Waals surface area contributed by atoms with E-state index < -0.39 is 11.2 Å². The number of benzene rings is 1. The predicted octanol–water partition coefficient (Wildman–Crippen LogP) is 1.27. The van der Waals surface area contributed by atoms with Crippen LogP contribution in [0.15, 0.2) is 40.1 Å². The number of amides is 1. The van der Waals surface area contributed by atoms with Crippen LogP contribution < -0.4 is 21.3 Å². The number of fused-ring (bicyclic) bond motifs is 1. The van der Waals surface area contributed by atoms with Crippen LogP contribution in [0.4, 0.5) is 5.69 Å². The topological polar surface area (TPSA) is 95.2 Å². The van der Waals surface area contributed by atoms with Crippen LogP contribution in [0.5, 0.6) is 5.75 Å². The normalized spacial score (nSPS) is 10.8. The van der Waals surface area contributed by atoms with Gasteiger partial charge in [0.2, 0.25) is 0 Å². The van der Waals surface area contributed by atoms with Gasteiger partial charge in [-0.05, 0) is 43.2 Å². The number of carbonyl (C=O) groups is 1. The Kier molecular flexibility index (Phi) is 4.81. The minimum atomic E-state index is -0.469. The zero-order valence-corrected chi connectivity index (χ0v) is 15.6. The van der Waals surface area contributed by atoms with Crippen LogP contribution in [-0.2, 0) is 18.9 Å². The van der Waals surface area contributed by atoms with Crippen molar-refractivity contribution in [3.05, 3.63) is 62.4 Å². The van der Waals surface area contributed by atoms with E-state index in [1.54, 1.807) is 6.07 Å². The van der Waals surface area contributed by atoms with Crippen molar-refractivity contribution < 1.29 is 9.53 Å². The molecule has 0 spiro atoms. The molecule has 0 bridgehead atoms. The van der Waals surface area contributed by atoms with E-state index in [4.69, 9.17) is 4.74 Å². The van der Waals surface area contributed by atoms with Gasteiger partial charge >= 0.3 is 5.69 Å². The van der Waals surface area contributed by atoms with Gasteiger partial charge in [0.1, 0.15) is 11.4 Å². The van der Waals surface area contributed by atoms with Crippen molar-refractivity contribution in [2.45, 2.75) is 13.8 Å². The molecule has 3 rings (SSSR count). The third kappa shape index (κ3) is 3.59. The molecular weight excluding hydrogens is 348 g/mol. The molecule has 27 heavy (non-hydrogen) atoms. The molecule has 0 radical (unpaired) electrons. The van der Waals surface area contributed by atoms with Gasteiger partial charge in [-0.1, -0.05) is 6.07 Å². The highest BCUT2D eigenvalue weighted by molar-refractivity contribution is 5.93. The Hall–Kier alpha value is -3.42. The van der Waals surface area contributed by atoms with Gasteiger partial charge in [-0.2, -0.15) is 0 Å². The lowest BCUT2D eigenvalue weighted by Crippen LogP contribution is -2.37. The number of pyridine rings is 1. The third-order valence-corrected chi connectivity index (χ3v) is 4.43. The van der Waals surface area contributed by atoms with Crippen LogP contribution in [0.3, 0.4) is 0 Å². The highest BCUT2D eigenvalue weighted by Gasteiger charge is 2.12. The average molecular weight is 368 g/mol. The van der Waals surface area contributed by atoms with Crippen molar-refractivity contribution in [3.63, 3.8) is 0 Å². The molecule has 0 aliphatic rings. The van der Waals surface area contributed by atoms with Crippen LogP contribution in [0.25, 0.3) is 11.0 Å². The first-order valence-electron chi connectivity index (χ1n) is 8.33. The maximum atomic E-state index is 12.3. The molecule has 8 nitrogen and oxygen atoms in total. The molecule has 0 saturated heterocycles. The largest absolute Gasteiger partial charge is 0.484 e. The average Bonchev–Trinajstić information content (AvgIpc) is 2.65. The standard InChI is InChI=1S/C19H20N4O4/c1-11-5-6-14(7-12(11)2)27-10-16(24)21-13-8-15-17(20-9-13)22(3)19(26)23(4)18(15)25/h5-9H,10H2,1-4H3,(H,21,24). The summed E-state index contributed by atoms with van der Waals surface area (Å²) in [5.74, 6) is 0.227. The molecule has 0 fully saturated rings. The highest BCUT2D eigenvalue weighted by atomic mass is 16.5. The second kappa shape index (κ2) is 7.06. The molecular formula is C19H20N4O4. The maximum absolute atomic E-state index is 12.3. The van der Waals surface area contributed by atoms with E-state index in [1.165, 1.54) is 30.9 Å². The summed E-state index contributed by atoms with van der Waals surface area (Å²) >= 11 is 0. The van der Waals surface area contributed by atoms with E-state index in [-0.39, 0.29) is 23.5 Å². The van der Waals surface area contributed by atoms with Crippen LogP contribution in [-0.4, -0.2) is 26.6 Å². The fourth-order valence-electron chi connectivity index (χ4n) is 2.68. The number of anilines is 1. The zero-order valence-electron chi connectivity index (χ0n) is 15.6. The molecule has 0 unspecified atom stereocenters. The van der Waals surface area contributed by atoms with E-state index in [0.717, 1.165) is 15.7 Å². The summed E-state index contributed by atoms with van der Waals surface area (Å²) in [7, 11) is 2.93. The van der Waals surface area contributed by atoms with Crippen LogP contribution in [0, 0.1) is 13.8 Å². The lowest BCUT2D eigenvalue weighted by molar-refractivity contribution is -0.118. The van der Waals surface area contributed by atoms with E-state index in [9.17, 15) is 14.4 Å². The van der Waals surface area contributed by atoms with Crippen molar-refractivity contribution in [1.29, 1.82) is 0 Å². The first-order valence-corrected chi connectivity index (χ1v) is 8.33. The number of nitrogens with one attached hydrogen (secondary N) is 1. The summed E-state index contributed by atoms with van der Waals surface area (Å²) in [5.41, 5.74) is 1.90. The minimum absolute atomic E-state index is 0.175. The Morgan fingerprint density at radius 3 is 2.56 bits per heavy atom. The van der Waals surface area contributed by atoms with Gasteiger partial charge in [0.15, 0.2) is 6.61 Å². The molecule has 0 aliphatic carbocycles. The number of aromatic nitrogens is 3. The quantitative estimate of drug-likeness (QED) is 0.748. The molecule has 140 valence electrons. The second-order valence-electron chi connectivity index (χ2n) is 6.38. The number of nitrogens with zero attached hydrogens (tertiary/aromatic N) is 3. The molecule has 1 aromatic carbocycles.